The fourth-order valence-corrected chi connectivity index (χ4v) is 5.07. The lowest BCUT2D eigenvalue weighted by atomic mass is 9.82. The first kappa shape index (κ1) is 18.5. The van der Waals surface area contributed by atoms with Gasteiger partial charge in [0.15, 0.2) is 0 Å². The van der Waals surface area contributed by atoms with E-state index in [2.05, 4.69) is 87.2 Å². The van der Waals surface area contributed by atoms with E-state index >= 15 is 0 Å². The van der Waals surface area contributed by atoms with Gasteiger partial charge in [0.25, 0.3) is 0 Å². The largest absolute Gasteiger partial charge is 0.289 e. The molecule has 1 nitrogen and oxygen atoms in total. The Morgan fingerprint density at radius 3 is 2.11 bits per heavy atom. The summed E-state index contributed by atoms with van der Waals surface area (Å²) in [6.45, 7) is 10.4. The van der Waals surface area contributed by atoms with E-state index in [0.717, 1.165) is 6.54 Å². The molecule has 2 aromatic carbocycles. The fourth-order valence-electron chi connectivity index (χ4n) is 5.07. The van der Waals surface area contributed by atoms with Gasteiger partial charge in [0, 0.05) is 18.6 Å². The van der Waals surface area contributed by atoms with Crippen molar-refractivity contribution in [2.45, 2.75) is 77.4 Å². The first-order valence-corrected chi connectivity index (χ1v) is 10.7. The molecule has 1 fully saturated rings. The van der Waals surface area contributed by atoms with Crippen LogP contribution in [0.4, 0.5) is 0 Å². The van der Waals surface area contributed by atoms with Gasteiger partial charge in [0.1, 0.15) is 0 Å². The van der Waals surface area contributed by atoms with Gasteiger partial charge in [-0.2, -0.15) is 0 Å². The van der Waals surface area contributed by atoms with Gasteiger partial charge >= 0.3 is 0 Å². The zero-order valence-electron chi connectivity index (χ0n) is 17.3. The van der Waals surface area contributed by atoms with Crippen LogP contribution in [0, 0.1) is 0 Å². The van der Waals surface area contributed by atoms with Crippen LogP contribution in [-0.2, 0) is 6.54 Å². The molecule has 2 heterocycles. The van der Waals surface area contributed by atoms with Gasteiger partial charge in [0.05, 0.1) is 0 Å². The molecule has 2 atom stereocenters. The van der Waals surface area contributed by atoms with E-state index in [4.69, 9.17) is 0 Å². The molecule has 0 aliphatic carbocycles. The first-order chi connectivity index (χ1) is 13.0. The Morgan fingerprint density at radius 1 is 0.852 bits per heavy atom. The molecular formula is C26H33N. The monoisotopic (exact) mass is 359 g/mol. The highest BCUT2D eigenvalue weighted by atomic mass is 15.2. The number of nitrogens with zero attached hydrogens (tertiary/aromatic N) is 1. The Kier molecular flexibility index (Phi) is 5.23. The van der Waals surface area contributed by atoms with Crippen LogP contribution in [0.5, 0.6) is 0 Å². The van der Waals surface area contributed by atoms with E-state index in [-0.39, 0.29) is 0 Å². The SMILES string of the molecule is CC(C)c1cccc(C(C)C)c1C1=CC2CCC(C1)N2Cc1ccccc1. The molecular weight excluding hydrogens is 326 g/mol. The van der Waals surface area contributed by atoms with Gasteiger partial charge in [-0.15, -0.1) is 0 Å². The predicted molar refractivity (Wildman–Crippen MR) is 116 cm³/mol. The second-order valence-electron chi connectivity index (χ2n) is 8.97. The van der Waals surface area contributed by atoms with Gasteiger partial charge in [-0.25, -0.2) is 0 Å². The van der Waals surface area contributed by atoms with Crippen LogP contribution in [0.15, 0.2) is 54.6 Å². The molecule has 0 N–H and O–H groups in total. The molecule has 0 saturated carbocycles. The van der Waals surface area contributed by atoms with Crippen molar-refractivity contribution in [3.05, 3.63) is 76.9 Å². The van der Waals surface area contributed by atoms with Gasteiger partial charge in [0.2, 0.25) is 0 Å². The van der Waals surface area contributed by atoms with Crippen molar-refractivity contribution >= 4 is 5.57 Å². The van der Waals surface area contributed by atoms with Crippen LogP contribution in [0.2, 0.25) is 0 Å². The first-order valence-electron chi connectivity index (χ1n) is 10.7. The summed E-state index contributed by atoms with van der Waals surface area (Å²) in [4.78, 5) is 2.74. The van der Waals surface area contributed by atoms with E-state index < -0.39 is 0 Å². The summed E-state index contributed by atoms with van der Waals surface area (Å²) in [6, 6.07) is 19.2. The van der Waals surface area contributed by atoms with Crippen molar-refractivity contribution in [3.63, 3.8) is 0 Å². The van der Waals surface area contributed by atoms with Crippen molar-refractivity contribution in [2.75, 3.05) is 0 Å². The number of benzene rings is 2. The lowest BCUT2D eigenvalue weighted by Crippen LogP contribution is -2.37. The average Bonchev–Trinajstić information content (AvgIpc) is 2.89. The zero-order chi connectivity index (χ0) is 19.0. The van der Waals surface area contributed by atoms with E-state index in [1.54, 1.807) is 11.1 Å². The van der Waals surface area contributed by atoms with Gasteiger partial charge in [-0.3, -0.25) is 4.90 Å². The van der Waals surface area contributed by atoms with Crippen molar-refractivity contribution < 1.29 is 0 Å². The van der Waals surface area contributed by atoms with Crippen LogP contribution >= 0.6 is 0 Å². The highest BCUT2D eigenvalue weighted by molar-refractivity contribution is 5.74. The number of hydrogen-bond donors (Lipinski definition) is 0. The second kappa shape index (κ2) is 7.64. The van der Waals surface area contributed by atoms with Crippen molar-refractivity contribution in [1.82, 2.24) is 4.90 Å². The summed E-state index contributed by atoms with van der Waals surface area (Å²) < 4.78 is 0. The highest BCUT2D eigenvalue weighted by Gasteiger charge is 2.37. The van der Waals surface area contributed by atoms with Crippen LogP contribution in [0.3, 0.4) is 0 Å². The Hall–Kier alpha value is -1.86. The lowest BCUT2D eigenvalue weighted by Gasteiger charge is -2.35. The smallest absolute Gasteiger partial charge is 0.0291 e. The van der Waals surface area contributed by atoms with Crippen LogP contribution < -0.4 is 0 Å². The van der Waals surface area contributed by atoms with Crippen molar-refractivity contribution in [1.29, 1.82) is 0 Å². The summed E-state index contributed by atoms with van der Waals surface area (Å²) in [6.07, 6.45) is 6.45. The Morgan fingerprint density at radius 2 is 1.52 bits per heavy atom. The quantitative estimate of drug-likeness (QED) is 0.570. The third-order valence-electron chi connectivity index (χ3n) is 6.44. The Balaban J connectivity index is 1.68. The summed E-state index contributed by atoms with van der Waals surface area (Å²) in [5.41, 5.74) is 7.68. The van der Waals surface area contributed by atoms with E-state index in [9.17, 15) is 0 Å². The van der Waals surface area contributed by atoms with Crippen LogP contribution in [0.1, 0.15) is 81.0 Å². The fraction of sp³-hybridized carbons (Fsp3) is 0.462. The summed E-state index contributed by atoms with van der Waals surface area (Å²) in [5, 5.41) is 0. The number of rotatable bonds is 5. The normalized spacial score (nSPS) is 22.5. The number of fused-ring (bicyclic) bond motifs is 2. The van der Waals surface area contributed by atoms with Crippen molar-refractivity contribution in [2.24, 2.45) is 0 Å². The number of hydrogen-bond acceptors (Lipinski definition) is 1. The predicted octanol–water partition coefficient (Wildman–Crippen LogP) is 6.75. The second-order valence-corrected chi connectivity index (χ2v) is 8.97. The standard InChI is InChI=1S/C26H33N/c1-18(2)24-11-8-12-25(19(3)4)26(24)21-15-22-13-14-23(16-21)27(22)17-20-9-6-5-7-10-20/h5-12,15,18-19,22-23H,13-14,16-17H2,1-4H3. The Labute approximate surface area is 165 Å². The summed E-state index contributed by atoms with van der Waals surface area (Å²) in [7, 11) is 0. The molecule has 27 heavy (non-hydrogen) atoms. The van der Waals surface area contributed by atoms with Crippen LogP contribution in [-0.4, -0.2) is 17.0 Å². The topological polar surface area (TPSA) is 3.24 Å². The molecule has 142 valence electrons. The maximum Gasteiger partial charge on any atom is 0.0291 e. The highest BCUT2D eigenvalue weighted by Crippen LogP contribution is 2.43. The van der Waals surface area contributed by atoms with E-state index in [0.29, 0.717) is 23.9 Å². The molecule has 0 amide bonds. The Bertz CT molecular complexity index is 789. The molecule has 2 aliphatic rings. The maximum absolute atomic E-state index is 2.74. The summed E-state index contributed by atoms with van der Waals surface area (Å²) in [5.74, 6) is 1.14. The lowest BCUT2D eigenvalue weighted by molar-refractivity contribution is 0.203. The van der Waals surface area contributed by atoms with Gasteiger partial charge in [-0.1, -0.05) is 82.3 Å². The molecule has 1 saturated heterocycles. The van der Waals surface area contributed by atoms with Gasteiger partial charge < -0.3 is 0 Å². The molecule has 0 spiro atoms. The molecule has 2 unspecified atom stereocenters. The minimum absolute atomic E-state index is 0.569. The molecule has 4 rings (SSSR count). The third-order valence-corrected chi connectivity index (χ3v) is 6.44. The van der Waals surface area contributed by atoms with E-state index in [1.807, 2.05) is 0 Å². The third kappa shape index (κ3) is 3.62. The van der Waals surface area contributed by atoms with Gasteiger partial charge in [-0.05, 0) is 58.9 Å². The maximum atomic E-state index is 2.74. The zero-order valence-corrected chi connectivity index (χ0v) is 17.3. The minimum atomic E-state index is 0.569. The molecule has 1 heteroatoms. The molecule has 2 aliphatic heterocycles. The minimum Gasteiger partial charge on any atom is -0.289 e. The van der Waals surface area contributed by atoms with Crippen molar-refractivity contribution in [3.8, 4) is 0 Å². The average molecular weight is 360 g/mol. The molecule has 0 aromatic heterocycles. The molecule has 0 radical (unpaired) electrons. The summed E-state index contributed by atoms with van der Waals surface area (Å²) >= 11 is 0. The van der Waals surface area contributed by atoms with E-state index in [1.165, 1.54) is 36.0 Å². The molecule has 2 bridgehead atoms. The molecule has 2 aromatic rings. The van der Waals surface area contributed by atoms with Crippen LogP contribution in [0.25, 0.3) is 5.57 Å².